The number of benzene rings is 1. The molecule has 0 spiro atoms. The van der Waals surface area contributed by atoms with Crippen molar-refractivity contribution in [2.45, 2.75) is 26.7 Å². The molecule has 66 valence electrons. The van der Waals surface area contributed by atoms with Gasteiger partial charge in [0.25, 0.3) is 0 Å². The lowest BCUT2D eigenvalue weighted by Gasteiger charge is -2.09. The van der Waals surface area contributed by atoms with Crippen LogP contribution in [-0.4, -0.2) is 0 Å². The van der Waals surface area contributed by atoms with Gasteiger partial charge < -0.3 is 5.73 Å². The highest BCUT2D eigenvalue weighted by Gasteiger charge is 2.07. The smallest absolute Gasteiger partial charge is 0.126 e. The fourth-order valence-electron chi connectivity index (χ4n) is 1.48. The van der Waals surface area contributed by atoms with Crippen LogP contribution in [0.2, 0.25) is 0 Å². The molecule has 0 amide bonds. The SMILES string of the molecule is CCc1c(N)ccc(F)c1CC. The van der Waals surface area contributed by atoms with Gasteiger partial charge >= 0.3 is 0 Å². The van der Waals surface area contributed by atoms with Crippen LogP contribution in [0.3, 0.4) is 0 Å². The predicted octanol–water partition coefficient (Wildman–Crippen LogP) is 2.53. The van der Waals surface area contributed by atoms with Crippen LogP contribution < -0.4 is 5.73 Å². The molecule has 0 saturated heterocycles. The minimum absolute atomic E-state index is 0.136. The van der Waals surface area contributed by atoms with Crippen molar-refractivity contribution in [3.05, 3.63) is 29.1 Å². The van der Waals surface area contributed by atoms with Crippen LogP contribution in [-0.2, 0) is 12.8 Å². The van der Waals surface area contributed by atoms with Gasteiger partial charge in [-0.2, -0.15) is 0 Å². The van der Waals surface area contributed by atoms with Crippen LogP contribution in [0.15, 0.2) is 12.1 Å². The molecule has 1 rings (SSSR count). The number of rotatable bonds is 2. The van der Waals surface area contributed by atoms with Gasteiger partial charge in [0.2, 0.25) is 0 Å². The Morgan fingerprint density at radius 3 is 2.17 bits per heavy atom. The summed E-state index contributed by atoms with van der Waals surface area (Å²) in [5.41, 5.74) is 8.13. The van der Waals surface area contributed by atoms with E-state index >= 15 is 0 Å². The van der Waals surface area contributed by atoms with E-state index in [2.05, 4.69) is 0 Å². The van der Waals surface area contributed by atoms with Crippen LogP contribution in [0, 0.1) is 5.82 Å². The van der Waals surface area contributed by atoms with Crippen LogP contribution in [0.25, 0.3) is 0 Å². The number of anilines is 1. The van der Waals surface area contributed by atoms with Gasteiger partial charge in [-0.05, 0) is 36.1 Å². The van der Waals surface area contributed by atoms with Crippen molar-refractivity contribution in [1.29, 1.82) is 0 Å². The Morgan fingerprint density at radius 1 is 1.17 bits per heavy atom. The maximum atomic E-state index is 13.2. The van der Waals surface area contributed by atoms with Crippen molar-refractivity contribution in [2.75, 3.05) is 5.73 Å². The predicted molar refractivity (Wildman–Crippen MR) is 49.6 cm³/mol. The quantitative estimate of drug-likeness (QED) is 0.673. The van der Waals surface area contributed by atoms with Gasteiger partial charge in [0.05, 0.1) is 0 Å². The van der Waals surface area contributed by atoms with Gasteiger partial charge in [-0.3, -0.25) is 0 Å². The van der Waals surface area contributed by atoms with E-state index in [1.807, 2.05) is 13.8 Å². The molecular weight excluding hydrogens is 153 g/mol. The third-order valence-corrected chi connectivity index (χ3v) is 2.12. The van der Waals surface area contributed by atoms with Crippen molar-refractivity contribution in [3.63, 3.8) is 0 Å². The second-order valence-corrected chi connectivity index (χ2v) is 2.80. The Kier molecular flexibility index (Phi) is 2.69. The lowest BCUT2D eigenvalue weighted by atomic mass is 10.0. The Labute approximate surface area is 72.4 Å². The fourth-order valence-corrected chi connectivity index (χ4v) is 1.48. The lowest BCUT2D eigenvalue weighted by Crippen LogP contribution is -2.00. The molecule has 0 bridgehead atoms. The van der Waals surface area contributed by atoms with Crippen LogP contribution in [0.4, 0.5) is 10.1 Å². The van der Waals surface area contributed by atoms with E-state index in [-0.39, 0.29) is 5.82 Å². The van der Waals surface area contributed by atoms with Crippen LogP contribution in [0.1, 0.15) is 25.0 Å². The normalized spacial score (nSPS) is 10.2. The number of halogens is 1. The standard InChI is InChI=1S/C10H14FN/c1-3-7-8(4-2)10(12)6-5-9(7)11/h5-6H,3-4,12H2,1-2H3. The number of nitrogens with two attached hydrogens (primary N) is 1. The van der Waals surface area contributed by atoms with Gasteiger partial charge in [0, 0.05) is 5.69 Å². The molecule has 12 heavy (non-hydrogen) atoms. The third kappa shape index (κ3) is 1.42. The summed E-state index contributed by atoms with van der Waals surface area (Å²) < 4.78 is 13.2. The highest BCUT2D eigenvalue weighted by Crippen LogP contribution is 2.21. The van der Waals surface area contributed by atoms with Crippen molar-refractivity contribution in [2.24, 2.45) is 0 Å². The topological polar surface area (TPSA) is 26.0 Å². The zero-order chi connectivity index (χ0) is 9.14. The van der Waals surface area contributed by atoms with E-state index in [0.717, 1.165) is 17.5 Å². The third-order valence-electron chi connectivity index (χ3n) is 2.12. The second kappa shape index (κ2) is 3.57. The molecule has 0 radical (unpaired) electrons. The van der Waals surface area contributed by atoms with Crippen molar-refractivity contribution >= 4 is 5.69 Å². The highest BCUT2D eigenvalue weighted by molar-refractivity contribution is 5.51. The van der Waals surface area contributed by atoms with Gasteiger partial charge in [-0.15, -0.1) is 0 Å². The lowest BCUT2D eigenvalue weighted by molar-refractivity contribution is 0.609. The molecule has 1 nitrogen and oxygen atoms in total. The second-order valence-electron chi connectivity index (χ2n) is 2.80. The summed E-state index contributed by atoms with van der Waals surface area (Å²) in [6, 6.07) is 3.07. The summed E-state index contributed by atoms with van der Waals surface area (Å²) in [4.78, 5) is 0. The Balaban J connectivity index is 3.28. The summed E-state index contributed by atoms with van der Waals surface area (Å²) in [7, 11) is 0. The first-order valence-corrected chi connectivity index (χ1v) is 4.26. The summed E-state index contributed by atoms with van der Waals surface area (Å²) in [6.45, 7) is 3.93. The molecule has 1 aromatic rings. The molecule has 2 heteroatoms. The van der Waals surface area contributed by atoms with Crippen LogP contribution >= 0.6 is 0 Å². The zero-order valence-electron chi connectivity index (χ0n) is 7.52. The molecule has 0 aliphatic rings. The molecule has 0 aromatic heterocycles. The molecule has 0 aliphatic carbocycles. The molecule has 0 atom stereocenters. The molecular formula is C10H14FN. The van der Waals surface area contributed by atoms with E-state index in [9.17, 15) is 4.39 Å². The Morgan fingerprint density at radius 2 is 1.75 bits per heavy atom. The van der Waals surface area contributed by atoms with E-state index in [0.29, 0.717) is 12.1 Å². The number of hydrogen-bond donors (Lipinski definition) is 1. The summed E-state index contributed by atoms with van der Waals surface area (Å²) in [6.07, 6.45) is 1.51. The largest absolute Gasteiger partial charge is 0.398 e. The first-order valence-electron chi connectivity index (χ1n) is 4.26. The van der Waals surface area contributed by atoms with E-state index in [1.165, 1.54) is 6.07 Å². The molecule has 0 unspecified atom stereocenters. The van der Waals surface area contributed by atoms with Gasteiger partial charge in [0.1, 0.15) is 5.82 Å². The number of hydrogen-bond acceptors (Lipinski definition) is 1. The summed E-state index contributed by atoms with van der Waals surface area (Å²) in [5.74, 6) is -0.136. The van der Waals surface area contributed by atoms with E-state index in [4.69, 9.17) is 5.73 Å². The minimum atomic E-state index is -0.136. The Hall–Kier alpha value is -1.05. The monoisotopic (exact) mass is 167 g/mol. The molecule has 1 aromatic carbocycles. The summed E-state index contributed by atoms with van der Waals surface area (Å²) in [5, 5.41) is 0. The average Bonchev–Trinajstić information content (AvgIpc) is 2.08. The molecule has 0 heterocycles. The first kappa shape index (κ1) is 9.04. The zero-order valence-corrected chi connectivity index (χ0v) is 7.52. The van der Waals surface area contributed by atoms with E-state index in [1.54, 1.807) is 6.07 Å². The van der Waals surface area contributed by atoms with Gasteiger partial charge in [-0.25, -0.2) is 4.39 Å². The Bertz CT molecular complexity index is 252. The average molecular weight is 167 g/mol. The van der Waals surface area contributed by atoms with Crippen molar-refractivity contribution in [3.8, 4) is 0 Å². The fraction of sp³-hybridized carbons (Fsp3) is 0.400. The van der Waals surface area contributed by atoms with Gasteiger partial charge in [0.15, 0.2) is 0 Å². The summed E-state index contributed by atoms with van der Waals surface area (Å²) >= 11 is 0. The minimum Gasteiger partial charge on any atom is -0.398 e. The van der Waals surface area contributed by atoms with E-state index < -0.39 is 0 Å². The van der Waals surface area contributed by atoms with Crippen molar-refractivity contribution < 1.29 is 4.39 Å². The van der Waals surface area contributed by atoms with Crippen molar-refractivity contribution in [1.82, 2.24) is 0 Å². The van der Waals surface area contributed by atoms with Crippen LogP contribution in [0.5, 0.6) is 0 Å². The number of nitrogen functional groups attached to an aromatic ring is 1. The molecule has 0 fully saturated rings. The maximum Gasteiger partial charge on any atom is 0.126 e. The molecule has 2 N–H and O–H groups in total. The van der Waals surface area contributed by atoms with Gasteiger partial charge in [-0.1, -0.05) is 13.8 Å². The maximum absolute atomic E-state index is 13.2. The molecule has 0 saturated carbocycles. The first-order chi connectivity index (χ1) is 5.70. The highest BCUT2D eigenvalue weighted by atomic mass is 19.1. The molecule has 0 aliphatic heterocycles.